The van der Waals surface area contributed by atoms with Crippen molar-refractivity contribution in [1.82, 2.24) is 9.55 Å². The predicted molar refractivity (Wildman–Crippen MR) is 126 cm³/mol. The van der Waals surface area contributed by atoms with Gasteiger partial charge in [-0.1, -0.05) is 74.5 Å². The molecule has 1 heterocycles. The number of hydrogen-bond donors (Lipinski definition) is 0. The summed E-state index contributed by atoms with van der Waals surface area (Å²) in [5.74, 6) is 2.43. The smallest absolute Gasteiger partial charge is 0.133 e. The fourth-order valence-corrected chi connectivity index (χ4v) is 3.57. The molecule has 0 aliphatic rings. The normalized spacial score (nSPS) is 12.5. The van der Waals surface area contributed by atoms with Gasteiger partial charge in [0.2, 0.25) is 0 Å². The molecule has 3 heteroatoms. The third-order valence-electron chi connectivity index (χ3n) is 5.55. The van der Waals surface area contributed by atoms with E-state index in [9.17, 15) is 0 Å². The standard InChI is InChI=1S/C27H28N2O/c1-3-21(2)23-14-16-24(17-15-23)30-20-19-29-26-12-8-7-11-25(26)28-27(29)18-13-22-9-5-4-6-10-22/h4-18,21H,3,19-20H2,1-2H3/b18-13+. The van der Waals surface area contributed by atoms with Crippen molar-refractivity contribution in [3.63, 3.8) is 0 Å². The van der Waals surface area contributed by atoms with Gasteiger partial charge in [-0.05, 0) is 53.8 Å². The van der Waals surface area contributed by atoms with E-state index in [1.165, 1.54) is 5.56 Å². The van der Waals surface area contributed by atoms with Crippen molar-refractivity contribution in [2.75, 3.05) is 6.61 Å². The Labute approximate surface area is 178 Å². The summed E-state index contributed by atoms with van der Waals surface area (Å²) in [5.41, 5.74) is 4.65. The van der Waals surface area contributed by atoms with Crippen LogP contribution in [0.1, 0.15) is 43.1 Å². The van der Waals surface area contributed by atoms with E-state index in [1.54, 1.807) is 0 Å². The number of fused-ring (bicyclic) bond motifs is 1. The van der Waals surface area contributed by atoms with Crippen molar-refractivity contribution < 1.29 is 4.74 Å². The highest BCUT2D eigenvalue weighted by atomic mass is 16.5. The fraction of sp³-hybridized carbons (Fsp3) is 0.222. The van der Waals surface area contributed by atoms with Crippen molar-refractivity contribution in [3.05, 3.63) is 95.8 Å². The number of nitrogens with zero attached hydrogens (tertiary/aromatic N) is 2. The number of benzene rings is 3. The zero-order chi connectivity index (χ0) is 20.8. The second-order valence-corrected chi connectivity index (χ2v) is 7.58. The molecular weight excluding hydrogens is 368 g/mol. The summed E-state index contributed by atoms with van der Waals surface area (Å²) in [4.78, 5) is 4.81. The molecule has 0 aliphatic carbocycles. The molecule has 0 amide bonds. The summed E-state index contributed by atoms with van der Waals surface area (Å²) in [6, 6.07) is 27.0. The Kier molecular flexibility index (Phi) is 6.29. The van der Waals surface area contributed by atoms with Gasteiger partial charge in [-0.15, -0.1) is 0 Å². The molecular formula is C27H28N2O. The van der Waals surface area contributed by atoms with Crippen LogP contribution >= 0.6 is 0 Å². The predicted octanol–water partition coefficient (Wildman–Crippen LogP) is 6.80. The first-order valence-corrected chi connectivity index (χ1v) is 10.7. The van der Waals surface area contributed by atoms with Crippen LogP contribution < -0.4 is 4.74 Å². The van der Waals surface area contributed by atoms with Gasteiger partial charge in [0.15, 0.2) is 0 Å². The molecule has 0 saturated heterocycles. The number of imidazole rings is 1. The van der Waals surface area contributed by atoms with E-state index in [-0.39, 0.29) is 0 Å². The van der Waals surface area contributed by atoms with Gasteiger partial charge in [0.1, 0.15) is 18.2 Å². The van der Waals surface area contributed by atoms with E-state index in [2.05, 4.69) is 85.2 Å². The maximum Gasteiger partial charge on any atom is 0.133 e. The molecule has 152 valence electrons. The van der Waals surface area contributed by atoms with Crippen molar-refractivity contribution in [2.24, 2.45) is 0 Å². The average Bonchev–Trinajstić information content (AvgIpc) is 3.16. The second kappa shape index (κ2) is 9.45. The molecule has 0 saturated carbocycles. The summed E-state index contributed by atoms with van der Waals surface area (Å²) in [6.07, 6.45) is 5.33. The minimum atomic E-state index is 0.579. The largest absolute Gasteiger partial charge is 0.492 e. The molecule has 0 fully saturated rings. The van der Waals surface area contributed by atoms with Crippen molar-refractivity contribution >= 4 is 23.2 Å². The van der Waals surface area contributed by atoms with Crippen LogP contribution in [-0.2, 0) is 6.54 Å². The highest BCUT2D eigenvalue weighted by Gasteiger charge is 2.09. The topological polar surface area (TPSA) is 27.1 Å². The van der Waals surface area contributed by atoms with Gasteiger partial charge in [-0.2, -0.15) is 0 Å². The van der Waals surface area contributed by atoms with Crippen LogP contribution in [0.3, 0.4) is 0 Å². The lowest BCUT2D eigenvalue weighted by molar-refractivity contribution is 0.299. The molecule has 1 atom stereocenters. The van der Waals surface area contributed by atoms with Gasteiger partial charge >= 0.3 is 0 Å². The average molecular weight is 397 g/mol. The van der Waals surface area contributed by atoms with Crippen LogP contribution in [0.25, 0.3) is 23.2 Å². The first kappa shape index (κ1) is 20.0. The van der Waals surface area contributed by atoms with E-state index in [0.717, 1.165) is 41.1 Å². The van der Waals surface area contributed by atoms with Crippen LogP contribution in [0.15, 0.2) is 78.9 Å². The lowest BCUT2D eigenvalue weighted by atomic mass is 9.99. The van der Waals surface area contributed by atoms with Crippen molar-refractivity contribution in [2.45, 2.75) is 32.7 Å². The monoisotopic (exact) mass is 396 g/mol. The van der Waals surface area contributed by atoms with Crippen LogP contribution in [0.4, 0.5) is 0 Å². The van der Waals surface area contributed by atoms with Gasteiger partial charge in [0.25, 0.3) is 0 Å². The quantitative estimate of drug-likeness (QED) is 0.327. The number of ether oxygens (including phenoxy) is 1. The molecule has 3 aromatic carbocycles. The minimum absolute atomic E-state index is 0.579. The molecule has 1 aromatic heterocycles. The molecule has 0 N–H and O–H groups in total. The van der Waals surface area contributed by atoms with Crippen LogP contribution in [0.2, 0.25) is 0 Å². The Balaban J connectivity index is 1.49. The zero-order valence-corrected chi connectivity index (χ0v) is 17.7. The SMILES string of the molecule is CCC(C)c1ccc(OCCn2c(/C=C/c3ccccc3)nc3ccccc32)cc1. The second-order valence-electron chi connectivity index (χ2n) is 7.58. The molecule has 0 aliphatic heterocycles. The van der Waals surface area contributed by atoms with Crippen LogP contribution in [-0.4, -0.2) is 16.2 Å². The maximum atomic E-state index is 6.04. The van der Waals surface area contributed by atoms with Gasteiger partial charge in [-0.3, -0.25) is 0 Å². The van der Waals surface area contributed by atoms with Gasteiger partial charge < -0.3 is 9.30 Å². The third kappa shape index (κ3) is 4.62. The highest BCUT2D eigenvalue weighted by Crippen LogP contribution is 2.22. The Morgan fingerprint density at radius 3 is 2.40 bits per heavy atom. The molecule has 1 unspecified atom stereocenters. The highest BCUT2D eigenvalue weighted by molar-refractivity contribution is 5.79. The third-order valence-corrected chi connectivity index (χ3v) is 5.55. The number of hydrogen-bond acceptors (Lipinski definition) is 2. The van der Waals surface area contributed by atoms with Gasteiger partial charge in [0, 0.05) is 0 Å². The van der Waals surface area contributed by atoms with Gasteiger partial charge in [0.05, 0.1) is 17.6 Å². The summed E-state index contributed by atoms with van der Waals surface area (Å²) < 4.78 is 8.27. The Bertz CT molecular complexity index is 1110. The summed E-state index contributed by atoms with van der Waals surface area (Å²) in [6.45, 7) is 5.80. The lowest BCUT2D eigenvalue weighted by Gasteiger charge is -2.12. The van der Waals surface area contributed by atoms with Crippen LogP contribution in [0.5, 0.6) is 5.75 Å². The van der Waals surface area contributed by atoms with E-state index in [1.807, 2.05) is 24.3 Å². The summed E-state index contributed by atoms with van der Waals surface area (Å²) in [7, 11) is 0. The first-order chi connectivity index (χ1) is 14.7. The van der Waals surface area contributed by atoms with E-state index in [0.29, 0.717) is 12.5 Å². The fourth-order valence-electron chi connectivity index (χ4n) is 3.57. The van der Waals surface area contributed by atoms with Gasteiger partial charge in [-0.25, -0.2) is 4.98 Å². The number of rotatable bonds is 8. The van der Waals surface area contributed by atoms with Crippen LogP contribution in [0, 0.1) is 0 Å². The first-order valence-electron chi connectivity index (χ1n) is 10.7. The Hall–Kier alpha value is -3.33. The number of aromatic nitrogens is 2. The Morgan fingerprint density at radius 2 is 1.63 bits per heavy atom. The van der Waals surface area contributed by atoms with E-state index < -0.39 is 0 Å². The van der Waals surface area contributed by atoms with Crippen molar-refractivity contribution in [3.8, 4) is 5.75 Å². The van der Waals surface area contributed by atoms with E-state index >= 15 is 0 Å². The minimum Gasteiger partial charge on any atom is -0.492 e. The summed E-state index contributed by atoms with van der Waals surface area (Å²) in [5, 5.41) is 0. The summed E-state index contributed by atoms with van der Waals surface area (Å²) >= 11 is 0. The molecule has 4 rings (SSSR count). The number of para-hydroxylation sites is 2. The van der Waals surface area contributed by atoms with Crippen molar-refractivity contribution in [1.29, 1.82) is 0 Å². The maximum absolute atomic E-state index is 6.04. The molecule has 0 bridgehead atoms. The molecule has 3 nitrogen and oxygen atoms in total. The Morgan fingerprint density at radius 1 is 0.900 bits per heavy atom. The molecule has 30 heavy (non-hydrogen) atoms. The molecule has 0 radical (unpaired) electrons. The molecule has 4 aromatic rings. The molecule has 0 spiro atoms. The zero-order valence-electron chi connectivity index (χ0n) is 17.7. The van der Waals surface area contributed by atoms with E-state index in [4.69, 9.17) is 9.72 Å². The lowest BCUT2D eigenvalue weighted by Crippen LogP contribution is -2.09.